The van der Waals surface area contributed by atoms with Crippen molar-refractivity contribution in [2.75, 3.05) is 11.5 Å². The number of hydrogen-bond donors (Lipinski definition) is 2. The Hall–Kier alpha value is -2.21. The lowest BCUT2D eigenvalue weighted by atomic mass is 10.2. The summed E-state index contributed by atoms with van der Waals surface area (Å²) < 4.78 is 1.77. The monoisotopic (exact) mass is 369 g/mol. The fourth-order valence-corrected chi connectivity index (χ4v) is 5.51. The highest BCUT2D eigenvalue weighted by Gasteiger charge is 2.28. The summed E-state index contributed by atoms with van der Waals surface area (Å²) in [5.74, 6) is 7.28. The number of hydrogen-bond acceptors (Lipinski definition) is 7. The minimum absolute atomic E-state index is 0.0687. The molecule has 1 fully saturated rings. The molecule has 0 radical (unpaired) electrons. The third-order valence-corrected chi connectivity index (χ3v) is 6.75. The number of nitrogens with two attached hydrogens (primary N) is 1. The maximum atomic E-state index is 10.1. The van der Waals surface area contributed by atoms with Gasteiger partial charge in [-0.15, -0.1) is 0 Å². The van der Waals surface area contributed by atoms with Crippen LogP contribution in [0.15, 0.2) is 36.7 Å². The van der Waals surface area contributed by atoms with Crippen molar-refractivity contribution in [1.29, 1.82) is 0 Å². The third-order valence-electron chi connectivity index (χ3n) is 3.87. The fraction of sp³-hybridized carbons (Fsp3) is 0.235. The zero-order chi connectivity index (χ0) is 17.2. The quantitative estimate of drug-likeness (QED) is 0.527. The van der Waals surface area contributed by atoms with Gasteiger partial charge in [0.15, 0.2) is 5.65 Å². The Labute approximate surface area is 152 Å². The second-order valence-electron chi connectivity index (χ2n) is 5.59. The number of fused-ring (bicyclic) bond motifs is 1. The Balaban J connectivity index is 1.75. The smallest absolute Gasteiger partial charge is 0.164 e. The van der Waals surface area contributed by atoms with Crippen LogP contribution in [-0.4, -0.2) is 42.0 Å². The molecule has 1 saturated heterocycles. The van der Waals surface area contributed by atoms with Gasteiger partial charge in [0.05, 0.1) is 23.3 Å². The molecule has 4 rings (SSSR count). The van der Waals surface area contributed by atoms with Crippen LogP contribution in [0, 0.1) is 11.8 Å². The van der Waals surface area contributed by atoms with Crippen LogP contribution in [0.4, 0.5) is 5.82 Å². The van der Waals surface area contributed by atoms with E-state index >= 15 is 0 Å². The lowest BCUT2D eigenvalue weighted by molar-refractivity contribution is 0.190. The molecule has 25 heavy (non-hydrogen) atoms. The van der Waals surface area contributed by atoms with Gasteiger partial charge in [-0.05, 0) is 18.1 Å². The van der Waals surface area contributed by atoms with Crippen LogP contribution in [0.3, 0.4) is 0 Å². The summed E-state index contributed by atoms with van der Waals surface area (Å²) >= 11 is 0. The topological polar surface area (TPSA) is 89.9 Å². The number of nitrogen functional groups attached to an aromatic ring is 1. The van der Waals surface area contributed by atoms with Gasteiger partial charge in [-0.3, -0.25) is 0 Å². The summed E-state index contributed by atoms with van der Waals surface area (Å²) in [4.78, 5) is 8.40. The van der Waals surface area contributed by atoms with Gasteiger partial charge >= 0.3 is 0 Å². The Kier molecular flexibility index (Phi) is 4.53. The summed E-state index contributed by atoms with van der Waals surface area (Å²) in [6.07, 6.45) is 1.07. The van der Waals surface area contributed by atoms with Crippen LogP contribution in [0.1, 0.15) is 11.3 Å². The van der Waals surface area contributed by atoms with Crippen molar-refractivity contribution < 1.29 is 5.11 Å². The number of aliphatic hydroxyl groups excluding tert-OH is 1. The first-order valence-electron chi connectivity index (χ1n) is 7.73. The Bertz CT molecular complexity index is 964. The van der Waals surface area contributed by atoms with E-state index in [1.165, 1.54) is 6.33 Å². The average molecular weight is 369 g/mol. The molecule has 2 unspecified atom stereocenters. The molecule has 8 heteroatoms. The lowest BCUT2D eigenvalue weighted by Crippen LogP contribution is -2.25. The Morgan fingerprint density at radius 2 is 2.08 bits per heavy atom. The first-order valence-corrected chi connectivity index (χ1v) is 10.1. The van der Waals surface area contributed by atoms with E-state index < -0.39 is 0 Å². The molecule has 0 aliphatic carbocycles. The summed E-state index contributed by atoms with van der Waals surface area (Å²) in [5.41, 5.74) is 8.15. The first-order chi connectivity index (χ1) is 12.2. The third kappa shape index (κ3) is 3.31. The summed E-state index contributed by atoms with van der Waals surface area (Å²) in [5, 5.41) is 15.4. The second-order valence-corrected chi connectivity index (χ2v) is 8.24. The van der Waals surface area contributed by atoms with E-state index in [0.29, 0.717) is 29.1 Å². The molecule has 3 aromatic rings. The zero-order valence-electron chi connectivity index (χ0n) is 13.2. The second kappa shape index (κ2) is 6.96. The molecule has 1 aromatic carbocycles. The summed E-state index contributed by atoms with van der Waals surface area (Å²) in [6.45, 7) is 0.554. The van der Waals surface area contributed by atoms with E-state index in [4.69, 9.17) is 5.73 Å². The Morgan fingerprint density at radius 3 is 2.84 bits per heavy atom. The molecule has 1 aliphatic rings. The van der Waals surface area contributed by atoms with Gasteiger partial charge in [0.25, 0.3) is 0 Å². The van der Waals surface area contributed by atoms with Crippen LogP contribution in [0.25, 0.3) is 11.0 Å². The number of rotatable bonds is 2. The molecule has 6 nitrogen and oxygen atoms in total. The first kappa shape index (κ1) is 16.3. The van der Waals surface area contributed by atoms with Crippen molar-refractivity contribution in [3.63, 3.8) is 0 Å². The van der Waals surface area contributed by atoms with E-state index in [-0.39, 0.29) is 11.4 Å². The maximum Gasteiger partial charge on any atom is 0.164 e. The van der Waals surface area contributed by atoms with Crippen molar-refractivity contribution in [3.8, 4) is 11.8 Å². The minimum atomic E-state index is -0.354. The zero-order valence-corrected chi connectivity index (χ0v) is 14.8. The standard InChI is InChI=1S/C17H15N5OS2/c18-16-15-12(7-6-11-4-2-1-3-5-11)21-22(17(15)20-10-19-16)8-14-13(23)9-24-25-14/h1-5,10,13-14,23H,8-9H2,(H2,18,19,20). The molecule has 1 aliphatic heterocycles. The van der Waals surface area contributed by atoms with Gasteiger partial charge in [-0.25, -0.2) is 14.6 Å². The highest BCUT2D eigenvalue weighted by molar-refractivity contribution is 8.77. The summed E-state index contributed by atoms with van der Waals surface area (Å²) in [6, 6.07) is 9.70. The highest BCUT2D eigenvalue weighted by Crippen LogP contribution is 2.39. The number of aromatic nitrogens is 4. The highest BCUT2D eigenvalue weighted by atomic mass is 33.1. The van der Waals surface area contributed by atoms with Crippen molar-refractivity contribution >= 4 is 38.4 Å². The van der Waals surface area contributed by atoms with Crippen molar-refractivity contribution in [2.24, 2.45) is 0 Å². The number of anilines is 1. The van der Waals surface area contributed by atoms with Crippen molar-refractivity contribution in [3.05, 3.63) is 47.9 Å². The number of benzene rings is 1. The van der Waals surface area contributed by atoms with Crippen LogP contribution >= 0.6 is 21.6 Å². The number of nitrogens with zero attached hydrogens (tertiary/aromatic N) is 4. The normalized spacial score (nSPS) is 19.7. The largest absolute Gasteiger partial charge is 0.391 e. The molecular weight excluding hydrogens is 354 g/mol. The van der Waals surface area contributed by atoms with Gasteiger partial charge in [-0.1, -0.05) is 45.7 Å². The van der Waals surface area contributed by atoms with Gasteiger partial charge in [0, 0.05) is 11.3 Å². The molecule has 0 spiro atoms. The molecule has 0 amide bonds. The average Bonchev–Trinajstić information content (AvgIpc) is 3.19. The molecule has 0 saturated carbocycles. The van der Waals surface area contributed by atoms with E-state index in [1.54, 1.807) is 26.3 Å². The van der Waals surface area contributed by atoms with Gasteiger partial charge in [0.2, 0.25) is 0 Å². The van der Waals surface area contributed by atoms with Gasteiger partial charge < -0.3 is 10.8 Å². The molecule has 2 aromatic heterocycles. The van der Waals surface area contributed by atoms with E-state index in [2.05, 4.69) is 26.9 Å². The molecule has 3 N–H and O–H groups in total. The predicted molar refractivity (Wildman–Crippen MR) is 102 cm³/mol. The Morgan fingerprint density at radius 1 is 1.24 bits per heavy atom. The van der Waals surface area contributed by atoms with Crippen LogP contribution in [0.5, 0.6) is 0 Å². The maximum absolute atomic E-state index is 10.1. The van der Waals surface area contributed by atoms with E-state index in [0.717, 1.165) is 11.3 Å². The predicted octanol–water partition coefficient (Wildman–Crippen LogP) is 1.93. The molecule has 0 bridgehead atoms. The molecule has 3 heterocycles. The lowest BCUT2D eigenvalue weighted by Gasteiger charge is -2.12. The van der Waals surface area contributed by atoms with Gasteiger partial charge in [0.1, 0.15) is 17.8 Å². The summed E-state index contributed by atoms with van der Waals surface area (Å²) in [7, 11) is 3.35. The van der Waals surface area contributed by atoms with Crippen LogP contribution in [-0.2, 0) is 6.54 Å². The van der Waals surface area contributed by atoms with Gasteiger partial charge in [-0.2, -0.15) is 5.10 Å². The van der Waals surface area contributed by atoms with Crippen molar-refractivity contribution in [2.45, 2.75) is 17.9 Å². The minimum Gasteiger partial charge on any atom is -0.391 e. The molecule has 2 atom stereocenters. The number of aliphatic hydroxyl groups is 1. The SMILES string of the molecule is Nc1ncnc2c1c(C#Cc1ccccc1)nn2CC1SSCC1O. The molecular formula is C17H15N5OS2. The van der Waals surface area contributed by atoms with Crippen molar-refractivity contribution in [1.82, 2.24) is 19.7 Å². The van der Waals surface area contributed by atoms with Crippen LogP contribution in [0.2, 0.25) is 0 Å². The van der Waals surface area contributed by atoms with E-state index in [1.807, 2.05) is 30.3 Å². The molecule has 126 valence electrons. The fourth-order valence-electron chi connectivity index (χ4n) is 2.59. The van der Waals surface area contributed by atoms with E-state index in [9.17, 15) is 5.11 Å². The van der Waals surface area contributed by atoms with Crippen LogP contribution < -0.4 is 5.73 Å².